The fourth-order valence-corrected chi connectivity index (χ4v) is 1.70. The molecule has 18 heavy (non-hydrogen) atoms. The third-order valence-corrected chi connectivity index (χ3v) is 3.03. The highest BCUT2D eigenvalue weighted by atomic mass is 16.6. The lowest BCUT2D eigenvalue weighted by molar-refractivity contribution is -0.385. The first kappa shape index (κ1) is 12.0. The maximum Gasteiger partial charge on any atom is 0.274 e. The van der Waals surface area contributed by atoms with Gasteiger partial charge in [-0.15, -0.1) is 0 Å². The van der Waals surface area contributed by atoms with Gasteiger partial charge in [0.1, 0.15) is 5.41 Å². The Morgan fingerprint density at radius 2 is 2.17 bits per heavy atom. The molecule has 92 valence electrons. The first-order valence-electron chi connectivity index (χ1n) is 5.51. The predicted octanol–water partition coefficient (Wildman–Crippen LogP) is 1.51. The van der Waals surface area contributed by atoms with Gasteiger partial charge in [0.15, 0.2) is 0 Å². The summed E-state index contributed by atoms with van der Waals surface area (Å²) in [4.78, 5) is 22.0. The van der Waals surface area contributed by atoms with Gasteiger partial charge in [-0.25, -0.2) is 0 Å². The van der Waals surface area contributed by atoms with Gasteiger partial charge in [0.05, 0.1) is 11.0 Å². The predicted molar refractivity (Wildman–Crippen MR) is 62.2 cm³/mol. The zero-order chi connectivity index (χ0) is 13.2. The number of benzene rings is 1. The third-order valence-electron chi connectivity index (χ3n) is 3.03. The van der Waals surface area contributed by atoms with Crippen LogP contribution in [0.3, 0.4) is 0 Å². The van der Waals surface area contributed by atoms with Gasteiger partial charge in [-0.05, 0) is 12.8 Å². The Morgan fingerprint density at radius 1 is 1.50 bits per heavy atom. The molecule has 1 aromatic carbocycles. The van der Waals surface area contributed by atoms with Crippen LogP contribution in [0.4, 0.5) is 5.69 Å². The van der Waals surface area contributed by atoms with Crippen LogP contribution in [-0.4, -0.2) is 10.8 Å². The normalized spacial score (nSPS) is 15.5. The number of hydrogen-bond donors (Lipinski definition) is 1. The first-order chi connectivity index (χ1) is 8.59. The Labute approximate surface area is 103 Å². The molecule has 0 heterocycles. The molecular weight excluding hydrogens is 234 g/mol. The topological polar surface area (TPSA) is 96.0 Å². The van der Waals surface area contributed by atoms with Crippen LogP contribution in [0.15, 0.2) is 24.3 Å². The molecule has 1 aliphatic carbocycles. The Morgan fingerprint density at radius 3 is 2.72 bits per heavy atom. The van der Waals surface area contributed by atoms with E-state index in [4.69, 9.17) is 5.26 Å². The number of nitro benzene ring substituents is 1. The molecule has 0 radical (unpaired) electrons. The van der Waals surface area contributed by atoms with E-state index in [1.165, 1.54) is 6.07 Å². The fourth-order valence-electron chi connectivity index (χ4n) is 1.70. The number of amides is 1. The molecule has 0 aromatic heterocycles. The van der Waals surface area contributed by atoms with E-state index in [0.29, 0.717) is 18.4 Å². The average Bonchev–Trinajstić information content (AvgIpc) is 3.17. The SMILES string of the molecule is N#CC1(C(=O)NCc2ccccc2[N+](=O)[O-])CC1. The molecule has 1 saturated carbocycles. The molecule has 0 spiro atoms. The highest BCUT2D eigenvalue weighted by Crippen LogP contribution is 2.45. The second-order valence-electron chi connectivity index (χ2n) is 4.26. The van der Waals surface area contributed by atoms with Crippen LogP contribution in [0.25, 0.3) is 0 Å². The Hall–Kier alpha value is -2.42. The van der Waals surface area contributed by atoms with Gasteiger partial charge in [0.25, 0.3) is 5.69 Å². The molecule has 2 rings (SSSR count). The van der Waals surface area contributed by atoms with Crippen LogP contribution in [-0.2, 0) is 11.3 Å². The largest absolute Gasteiger partial charge is 0.350 e. The van der Waals surface area contributed by atoms with Crippen molar-refractivity contribution in [3.05, 3.63) is 39.9 Å². The number of para-hydroxylation sites is 1. The average molecular weight is 245 g/mol. The lowest BCUT2D eigenvalue weighted by Crippen LogP contribution is -2.30. The van der Waals surface area contributed by atoms with Gasteiger partial charge < -0.3 is 5.32 Å². The van der Waals surface area contributed by atoms with E-state index in [9.17, 15) is 14.9 Å². The second kappa shape index (κ2) is 4.45. The molecule has 0 bridgehead atoms. The highest BCUT2D eigenvalue weighted by Gasteiger charge is 2.50. The number of nitrogens with zero attached hydrogens (tertiary/aromatic N) is 2. The monoisotopic (exact) mass is 245 g/mol. The van der Waals surface area contributed by atoms with E-state index in [1.54, 1.807) is 18.2 Å². The first-order valence-corrected chi connectivity index (χ1v) is 5.51. The van der Waals surface area contributed by atoms with E-state index in [1.807, 2.05) is 6.07 Å². The van der Waals surface area contributed by atoms with E-state index in [0.717, 1.165) is 0 Å². The van der Waals surface area contributed by atoms with Crippen molar-refractivity contribution in [3.63, 3.8) is 0 Å². The summed E-state index contributed by atoms with van der Waals surface area (Å²) in [6, 6.07) is 8.20. The summed E-state index contributed by atoms with van der Waals surface area (Å²) in [6.07, 6.45) is 1.12. The number of carbonyl (C=O) groups excluding carboxylic acids is 1. The van der Waals surface area contributed by atoms with Gasteiger partial charge in [0, 0.05) is 18.2 Å². The number of rotatable bonds is 4. The Bertz CT molecular complexity index is 544. The molecule has 0 atom stereocenters. The summed E-state index contributed by atoms with van der Waals surface area (Å²) in [6.45, 7) is 0.0689. The number of nitro groups is 1. The van der Waals surface area contributed by atoms with Crippen molar-refractivity contribution in [2.75, 3.05) is 0 Å². The van der Waals surface area contributed by atoms with Crippen LogP contribution >= 0.6 is 0 Å². The van der Waals surface area contributed by atoms with Gasteiger partial charge >= 0.3 is 0 Å². The summed E-state index contributed by atoms with van der Waals surface area (Å²) in [5.41, 5.74) is -0.493. The molecule has 1 aromatic rings. The Balaban J connectivity index is 2.05. The molecule has 0 unspecified atom stereocenters. The van der Waals surface area contributed by atoms with Crippen LogP contribution in [0.2, 0.25) is 0 Å². The second-order valence-corrected chi connectivity index (χ2v) is 4.26. The zero-order valence-corrected chi connectivity index (χ0v) is 9.55. The third kappa shape index (κ3) is 2.15. The maximum atomic E-state index is 11.7. The highest BCUT2D eigenvalue weighted by molar-refractivity contribution is 5.88. The zero-order valence-electron chi connectivity index (χ0n) is 9.55. The van der Waals surface area contributed by atoms with Crippen LogP contribution < -0.4 is 5.32 Å². The van der Waals surface area contributed by atoms with E-state index in [-0.39, 0.29) is 18.1 Å². The van der Waals surface area contributed by atoms with Crippen molar-refractivity contribution in [3.8, 4) is 6.07 Å². The quantitative estimate of drug-likeness (QED) is 0.642. The van der Waals surface area contributed by atoms with Gasteiger partial charge in [-0.2, -0.15) is 5.26 Å². The molecule has 0 aliphatic heterocycles. The maximum absolute atomic E-state index is 11.7. The number of carbonyl (C=O) groups is 1. The van der Waals surface area contributed by atoms with Crippen LogP contribution in [0.1, 0.15) is 18.4 Å². The number of nitrogens with one attached hydrogen (secondary N) is 1. The van der Waals surface area contributed by atoms with Crippen LogP contribution in [0, 0.1) is 26.9 Å². The molecule has 6 heteroatoms. The van der Waals surface area contributed by atoms with E-state index < -0.39 is 10.3 Å². The minimum Gasteiger partial charge on any atom is -0.350 e. The van der Waals surface area contributed by atoms with Crippen molar-refractivity contribution in [1.82, 2.24) is 5.32 Å². The molecule has 1 fully saturated rings. The summed E-state index contributed by atoms with van der Waals surface area (Å²) in [5.74, 6) is -0.344. The van der Waals surface area contributed by atoms with Crippen molar-refractivity contribution >= 4 is 11.6 Å². The molecule has 0 saturated heterocycles. The van der Waals surface area contributed by atoms with Crippen molar-refractivity contribution in [2.24, 2.45) is 5.41 Å². The minimum absolute atomic E-state index is 0.0281. The van der Waals surface area contributed by atoms with E-state index in [2.05, 4.69) is 5.32 Å². The smallest absolute Gasteiger partial charge is 0.274 e. The molecular formula is C12H11N3O3. The summed E-state index contributed by atoms with van der Waals surface area (Å²) >= 11 is 0. The Kier molecular flexibility index (Phi) is 2.98. The molecule has 6 nitrogen and oxygen atoms in total. The fraction of sp³-hybridized carbons (Fsp3) is 0.333. The van der Waals surface area contributed by atoms with E-state index >= 15 is 0 Å². The van der Waals surface area contributed by atoms with Gasteiger partial charge in [-0.3, -0.25) is 14.9 Å². The summed E-state index contributed by atoms with van der Waals surface area (Å²) in [7, 11) is 0. The lowest BCUT2D eigenvalue weighted by atomic mass is 10.1. The number of nitriles is 1. The van der Waals surface area contributed by atoms with Crippen molar-refractivity contribution in [2.45, 2.75) is 19.4 Å². The lowest BCUT2D eigenvalue weighted by Gasteiger charge is -2.08. The van der Waals surface area contributed by atoms with Crippen LogP contribution in [0.5, 0.6) is 0 Å². The number of hydrogen-bond acceptors (Lipinski definition) is 4. The molecule has 1 amide bonds. The minimum atomic E-state index is -0.899. The summed E-state index contributed by atoms with van der Waals surface area (Å²) in [5, 5.41) is 22.2. The van der Waals surface area contributed by atoms with Crippen molar-refractivity contribution in [1.29, 1.82) is 5.26 Å². The van der Waals surface area contributed by atoms with Crippen molar-refractivity contribution < 1.29 is 9.72 Å². The van der Waals surface area contributed by atoms with Gasteiger partial charge in [-0.1, -0.05) is 18.2 Å². The summed E-state index contributed by atoms with van der Waals surface area (Å²) < 4.78 is 0. The standard InChI is InChI=1S/C12H11N3O3/c13-8-12(5-6-12)11(16)14-7-9-3-1-2-4-10(9)15(17)18/h1-4H,5-7H2,(H,14,16). The van der Waals surface area contributed by atoms with Gasteiger partial charge in [0.2, 0.25) is 5.91 Å². The molecule has 1 N–H and O–H groups in total. The molecule has 1 aliphatic rings.